The highest BCUT2D eigenvalue weighted by Gasteiger charge is 1.98. The van der Waals surface area contributed by atoms with E-state index in [2.05, 4.69) is 11.1 Å². The van der Waals surface area contributed by atoms with Crippen LogP contribution in [0.5, 0.6) is 0 Å². The molecule has 1 heterocycles. The van der Waals surface area contributed by atoms with Gasteiger partial charge in [-0.05, 0) is 12.8 Å². The summed E-state index contributed by atoms with van der Waals surface area (Å²) >= 11 is 0. The van der Waals surface area contributed by atoms with E-state index in [0.29, 0.717) is 6.61 Å². The molecule has 1 rings (SSSR count). The molecule has 0 aromatic rings. The van der Waals surface area contributed by atoms with Gasteiger partial charge in [-0.1, -0.05) is 6.08 Å². The molecule has 1 aliphatic rings. The van der Waals surface area contributed by atoms with E-state index in [1.54, 1.807) is 7.11 Å². The Morgan fingerprint density at radius 1 is 1.78 bits per heavy atom. The van der Waals surface area contributed by atoms with Gasteiger partial charge in [-0.15, -0.1) is 0 Å². The lowest BCUT2D eigenvalue weighted by molar-refractivity contribution is 0.243. The monoisotopic (exact) mass is 125 g/mol. The Kier molecular flexibility index (Phi) is 2.46. The summed E-state index contributed by atoms with van der Waals surface area (Å²) < 4.78 is 4.92. The third-order valence-electron chi connectivity index (χ3n) is 1.27. The van der Waals surface area contributed by atoms with Crippen LogP contribution in [0.15, 0.2) is 17.3 Å². The van der Waals surface area contributed by atoms with Crippen LogP contribution in [0.3, 0.4) is 0 Å². The molecule has 2 nitrogen and oxygen atoms in total. The van der Waals surface area contributed by atoms with Crippen molar-refractivity contribution >= 4 is 5.71 Å². The van der Waals surface area contributed by atoms with Crippen LogP contribution in [0.2, 0.25) is 0 Å². The van der Waals surface area contributed by atoms with Gasteiger partial charge in [0.25, 0.3) is 0 Å². The van der Waals surface area contributed by atoms with Gasteiger partial charge in [0, 0.05) is 19.0 Å². The minimum absolute atomic E-state index is 0.685. The molecule has 0 saturated carbocycles. The molecule has 0 radical (unpaired) electrons. The minimum atomic E-state index is 0.685. The van der Waals surface area contributed by atoms with Gasteiger partial charge in [0.1, 0.15) is 0 Å². The van der Waals surface area contributed by atoms with Crippen molar-refractivity contribution in [1.29, 1.82) is 0 Å². The van der Waals surface area contributed by atoms with E-state index in [1.807, 2.05) is 6.20 Å². The second-order valence-electron chi connectivity index (χ2n) is 2.05. The number of rotatable bonds is 2. The molecule has 0 unspecified atom stereocenters. The lowest BCUT2D eigenvalue weighted by Gasteiger charge is -2.04. The molecule has 0 N–H and O–H groups in total. The third kappa shape index (κ3) is 1.98. The van der Waals surface area contributed by atoms with Gasteiger partial charge in [-0.3, -0.25) is 4.99 Å². The first kappa shape index (κ1) is 6.49. The van der Waals surface area contributed by atoms with Crippen molar-refractivity contribution in [3.05, 3.63) is 12.3 Å². The zero-order chi connectivity index (χ0) is 6.53. The summed E-state index contributed by atoms with van der Waals surface area (Å²) in [5.41, 5.74) is 1.15. The summed E-state index contributed by atoms with van der Waals surface area (Å²) in [7, 11) is 1.70. The number of ether oxygens (including phenoxy) is 1. The lowest BCUT2D eigenvalue weighted by Crippen LogP contribution is -2.07. The van der Waals surface area contributed by atoms with E-state index in [1.165, 1.54) is 0 Å². The van der Waals surface area contributed by atoms with Crippen molar-refractivity contribution in [2.45, 2.75) is 12.8 Å². The smallest absolute Gasteiger partial charge is 0.0844 e. The number of hydrogen-bond acceptors (Lipinski definition) is 2. The molecule has 0 spiro atoms. The number of methoxy groups -OCH3 is 1. The van der Waals surface area contributed by atoms with Crippen molar-refractivity contribution in [1.82, 2.24) is 0 Å². The van der Waals surface area contributed by atoms with Crippen LogP contribution in [0, 0.1) is 0 Å². The first-order valence-corrected chi connectivity index (χ1v) is 3.13. The highest BCUT2D eigenvalue weighted by Crippen LogP contribution is 2.01. The average Bonchev–Trinajstić information content (AvgIpc) is 1.91. The van der Waals surface area contributed by atoms with E-state index < -0.39 is 0 Å². The summed E-state index contributed by atoms with van der Waals surface area (Å²) in [4.78, 5) is 4.13. The largest absolute Gasteiger partial charge is 0.379 e. The quantitative estimate of drug-likeness (QED) is 0.546. The summed E-state index contributed by atoms with van der Waals surface area (Å²) in [6, 6.07) is 0. The van der Waals surface area contributed by atoms with Crippen LogP contribution in [0.25, 0.3) is 0 Å². The second-order valence-corrected chi connectivity index (χ2v) is 2.05. The Bertz CT molecular complexity index is 138. The standard InChI is InChI=1S/C7H11NO/c1-9-6-7-4-2-3-5-8-7/h3,5H,2,4,6H2,1H3. The number of nitrogens with zero attached hydrogens (tertiary/aromatic N) is 1. The Labute approximate surface area is 55.2 Å². The predicted molar refractivity (Wildman–Crippen MR) is 37.7 cm³/mol. The average molecular weight is 125 g/mol. The molecule has 2 heteroatoms. The molecule has 0 amide bonds. The summed E-state index contributed by atoms with van der Waals surface area (Å²) in [5, 5.41) is 0. The van der Waals surface area contributed by atoms with Gasteiger partial charge in [0.2, 0.25) is 0 Å². The first-order chi connectivity index (χ1) is 4.43. The first-order valence-electron chi connectivity index (χ1n) is 3.13. The van der Waals surface area contributed by atoms with Crippen molar-refractivity contribution in [3.63, 3.8) is 0 Å². The van der Waals surface area contributed by atoms with Gasteiger partial charge in [0.15, 0.2) is 0 Å². The normalized spacial score (nSPS) is 17.7. The molecule has 0 saturated heterocycles. The van der Waals surface area contributed by atoms with Crippen molar-refractivity contribution in [2.24, 2.45) is 4.99 Å². The predicted octanol–water partition coefficient (Wildman–Crippen LogP) is 1.38. The molecule has 0 aromatic carbocycles. The van der Waals surface area contributed by atoms with Crippen LogP contribution in [-0.4, -0.2) is 19.4 Å². The summed E-state index contributed by atoms with van der Waals surface area (Å²) in [6.45, 7) is 0.685. The fourth-order valence-corrected chi connectivity index (χ4v) is 0.823. The Morgan fingerprint density at radius 3 is 3.22 bits per heavy atom. The van der Waals surface area contributed by atoms with Crippen molar-refractivity contribution in [3.8, 4) is 0 Å². The minimum Gasteiger partial charge on any atom is -0.379 e. The molecule has 0 aliphatic carbocycles. The molecule has 9 heavy (non-hydrogen) atoms. The molecule has 0 aromatic heterocycles. The van der Waals surface area contributed by atoms with Crippen LogP contribution >= 0.6 is 0 Å². The third-order valence-corrected chi connectivity index (χ3v) is 1.27. The van der Waals surface area contributed by atoms with Gasteiger partial charge in [-0.2, -0.15) is 0 Å². The Hall–Kier alpha value is -0.630. The molecule has 50 valence electrons. The maximum absolute atomic E-state index is 4.92. The van der Waals surface area contributed by atoms with Gasteiger partial charge in [0.05, 0.1) is 6.61 Å². The SMILES string of the molecule is COCC1=NC=CCC1. The Balaban J connectivity index is 2.38. The van der Waals surface area contributed by atoms with E-state index in [4.69, 9.17) is 4.74 Å². The van der Waals surface area contributed by atoms with E-state index >= 15 is 0 Å². The lowest BCUT2D eigenvalue weighted by atomic mass is 10.2. The fraction of sp³-hybridized carbons (Fsp3) is 0.571. The van der Waals surface area contributed by atoms with Crippen LogP contribution in [-0.2, 0) is 4.74 Å². The molecule has 0 bridgehead atoms. The van der Waals surface area contributed by atoms with E-state index in [0.717, 1.165) is 18.6 Å². The van der Waals surface area contributed by atoms with Gasteiger partial charge in [-0.25, -0.2) is 0 Å². The maximum atomic E-state index is 4.92. The van der Waals surface area contributed by atoms with E-state index in [-0.39, 0.29) is 0 Å². The molecule has 1 aliphatic heterocycles. The molecule has 0 atom stereocenters. The number of allylic oxidation sites excluding steroid dienone is 1. The van der Waals surface area contributed by atoms with Crippen LogP contribution in [0.4, 0.5) is 0 Å². The van der Waals surface area contributed by atoms with E-state index in [9.17, 15) is 0 Å². The second kappa shape index (κ2) is 3.41. The molecular formula is C7H11NO. The fourth-order valence-electron chi connectivity index (χ4n) is 0.823. The topological polar surface area (TPSA) is 21.6 Å². The zero-order valence-corrected chi connectivity index (χ0v) is 5.63. The highest BCUT2D eigenvalue weighted by molar-refractivity contribution is 5.86. The molecular weight excluding hydrogens is 114 g/mol. The van der Waals surface area contributed by atoms with Gasteiger partial charge >= 0.3 is 0 Å². The zero-order valence-electron chi connectivity index (χ0n) is 5.63. The van der Waals surface area contributed by atoms with Crippen LogP contribution < -0.4 is 0 Å². The summed E-state index contributed by atoms with van der Waals surface area (Å²) in [6.07, 6.45) is 6.09. The Morgan fingerprint density at radius 2 is 2.67 bits per heavy atom. The maximum Gasteiger partial charge on any atom is 0.0844 e. The van der Waals surface area contributed by atoms with Crippen molar-refractivity contribution < 1.29 is 4.74 Å². The number of aliphatic imine (C=N–C) groups is 1. The van der Waals surface area contributed by atoms with Gasteiger partial charge < -0.3 is 4.74 Å². The molecule has 0 fully saturated rings. The summed E-state index contributed by atoms with van der Waals surface area (Å²) in [5.74, 6) is 0. The highest BCUT2D eigenvalue weighted by atomic mass is 16.5. The van der Waals surface area contributed by atoms with Crippen molar-refractivity contribution in [2.75, 3.05) is 13.7 Å². The number of hydrogen-bond donors (Lipinski definition) is 0. The van der Waals surface area contributed by atoms with Crippen LogP contribution in [0.1, 0.15) is 12.8 Å².